The van der Waals surface area contributed by atoms with Crippen LogP contribution < -0.4 is 5.32 Å². The second-order valence-corrected chi connectivity index (χ2v) is 4.59. The molecule has 0 saturated carbocycles. The Morgan fingerprint density at radius 1 is 1.31 bits per heavy atom. The zero-order valence-corrected chi connectivity index (χ0v) is 11.8. The summed E-state index contributed by atoms with van der Waals surface area (Å²) in [7, 11) is 2.07. The second-order valence-electron chi connectivity index (χ2n) is 4.59. The van der Waals surface area contributed by atoms with Crippen molar-refractivity contribution in [2.24, 2.45) is 0 Å². The Bertz CT molecular complexity index is 187. The van der Waals surface area contributed by atoms with Crippen LogP contribution in [0.25, 0.3) is 0 Å². The Kier molecular flexibility index (Phi) is 7.69. The van der Waals surface area contributed by atoms with Crippen LogP contribution in [-0.4, -0.2) is 36.6 Å². The molecule has 0 aromatic rings. The Labute approximate surface area is 102 Å². The zero-order chi connectivity index (χ0) is 12.6. The molecule has 16 heavy (non-hydrogen) atoms. The smallest absolute Gasteiger partial charge is 0.0331 e. The van der Waals surface area contributed by atoms with Crippen molar-refractivity contribution in [2.45, 2.75) is 58.5 Å². The third-order valence-electron chi connectivity index (χ3n) is 3.96. The van der Waals surface area contributed by atoms with E-state index in [9.17, 15) is 0 Å². The van der Waals surface area contributed by atoms with Gasteiger partial charge in [-0.3, -0.25) is 4.90 Å². The summed E-state index contributed by atoms with van der Waals surface area (Å²) < 4.78 is 0. The van der Waals surface area contributed by atoms with Crippen molar-refractivity contribution < 1.29 is 0 Å². The highest BCUT2D eigenvalue weighted by molar-refractivity contribution is 4.96. The van der Waals surface area contributed by atoms with Crippen molar-refractivity contribution in [1.29, 1.82) is 0 Å². The van der Waals surface area contributed by atoms with Crippen molar-refractivity contribution >= 4 is 0 Å². The van der Waals surface area contributed by atoms with Gasteiger partial charge in [0.1, 0.15) is 0 Å². The summed E-state index contributed by atoms with van der Waals surface area (Å²) in [5.41, 5.74) is 0.251. The minimum Gasteiger partial charge on any atom is -0.315 e. The van der Waals surface area contributed by atoms with Gasteiger partial charge in [-0.25, -0.2) is 0 Å². The lowest BCUT2D eigenvalue weighted by molar-refractivity contribution is 0.0701. The molecule has 0 rings (SSSR count). The average molecular weight is 226 g/mol. The van der Waals surface area contributed by atoms with Crippen molar-refractivity contribution in [3.63, 3.8) is 0 Å². The van der Waals surface area contributed by atoms with Crippen LogP contribution in [0, 0.1) is 0 Å². The fourth-order valence-electron chi connectivity index (χ4n) is 2.69. The maximum atomic E-state index is 3.82. The third kappa shape index (κ3) is 3.60. The first-order valence-corrected chi connectivity index (χ1v) is 6.63. The Hall–Kier alpha value is -0.340. The van der Waals surface area contributed by atoms with E-state index in [4.69, 9.17) is 0 Å². The van der Waals surface area contributed by atoms with Crippen molar-refractivity contribution in [3.8, 4) is 0 Å². The Morgan fingerprint density at radius 3 is 2.19 bits per heavy atom. The Balaban J connectivity index is 4.78. The fraction of sp³-hybridized carbons (Fsp3) is 0.857. The summed E-state index contributed by atoms with van der Waals surface area (Å²) in [6, 6.07) is 0.537. The maximum Gasteiger partial charge on any atom is 0.0331 e. The predicted molar refractivity (Wildman–Crippen MR) is 73.9 cm³/mol. The van der Waals surface area contributed by atoms with Crippen LogP contribution in [0.4, 0.5) is 0 Å². The van der Waals surface area contributed by atoms with Crippen LogP contribution in [0.15, 0.2) is 12.7 Å². The summed E-state index contributed by atoms with van der Waals surface area (Å²) in [5, 5.41) is 3.49. The molecule has 0 heterocycles. The van der Waals surface area contributed by atoms with Gasteiger partial charge in [0.25, 0.3) is 0 Å². The molecule has 0 fully saturated rings. The molecule has 0 spiro atoms. The van der Waals surface area contributed by atoms with Crippen LogP contribution in [0.2, 0.25) is 0 Å². The lowest BCUT2D eigenvalue weighted by Gasteiger charge is -2.45. The molecule has 0 aliphatic heterocycles. The van der Waals surface area contributed by atoms with E-state index < -0.39 is 0 Å². The topological polar surface area (TPSA) is 15.3 Å². The van der Waals surface area contributed by atoms with Gasteiger partial charge in [-0.1, -0.05) is 26.8 Å². The molecule has 2 heteroatoms. The van der Waals surface area contributed by atoms with Crippen LogP contribution in [-0.2, 0) is 0 Å². The minimum absolute atomic E-state index is 0.251. The van der Waals surface area contributed by atoms with E-state index in [2.05, 4.69) is 51.5 Å². The molecule has 0 radical (unpaired) electrons. The summed E-state index contributed by atoms with van der Waals surface area (Å²) >= 11 is 0. The molecule has 2 nitrogen and oxygen atoms in total. The van der Waals surface area contributed by atoms with E-state index in [0.29, 0.717) is 6.04 Å². The van der Waals surface area contributed by atoms with Gasteiger partial charge in [-0.05, 0) is 46.3 Å². The van der Waals surface area contributed by atoms with E-state index in [1.165, 1.54) is 12.8 Å². The first kappa shape index (κ1) is 15.7. The van der Waals surface area contributed by atoms with Crippen LogP contribution >= 0.6 is 0 Å². The maximum absolute atomic E-state index is 3.82. The zero-order valence-electron chi connectivity index (χ0n) is 11.8. The molecule has 0 saturated heterocycles. The summed E-state index contributed by atoms with van der Waals surface area (Å²) in [4.78, 5) is 2.57. The monoisotopic (exact) mass is 226 g/mol. The van der Waals surface area contributed by atoms with Gasteiger partial charge in [-0.15, -0.1) is 6.58 Å². The standard InChI is InChI=1S/C14H30N2/c1-7-11-12-13(15-6)14(5,8-2)16(9-3)10-4/h7,13,15H,1,8-12H2,2-6H3. The molecule has 1 N–H and O–H groups in total. The number of nitrogens with one attached hydrogen (secondary N) is 1. The number of hydrogen-bond acceptors (Lipinski definition) is 2. The van der Waals surface area contributed by atoms with E-state index in [1.54, 1.807) is 0 Å². The number of likely N-dealkylation sites (N-methyl/N-ethyl adjacent to an activating group) is 2. The number of nitrogens with zero attached hydrogens (tertiary/aromatic N) is 1. The molecule has 0 aromatic carbocycles. The molecule has 0 amide bonds. The summed E-state index contributed by atoms with van der Waals surface area (Å²) in [6.07, 6.45) is 5.45. The number of rotatable bonds is 9. The second kappa shape index (κ2) is 7.86. The molecule has 0 aliphatic carbocycles. The molecule has 2 atom stereocenters. The molecular weight excluding hydrogens is 196 g/mol. The molecule has 0 aromatic heterocycles. The molecule has 0 bridgehead atoms. The number of allylic oxidation sites excluding steroid dienone is 1. The minimum atomic E-state index is 0.251. The van der Waals surface area contributed by atoms with Crippen molar-refractivity contribution in [3.05, 3.63) is 12.7 Å². The third-order valence-corrected chi connectivity index (χ3v) is 3.96. The highest BCUT2D eigenvalue weighted by atomic mass is 15.2. The lowest BCUT2D eigenvalue weighted by atomic mass is 9.84. The van der Waals surface area contributed by atoms with Gasteiger partial charge >= 0.3 is 0 Å². The van der Waals surface area contributed by atoms with Crippen LogP contribution in [0.3, 0.4) is 0 Å². The first-order valence-electron chi connectivity index (χ1n) is 6.63. The first-order chi connectivity index (χ1) is 7.60. The van der Waals surface area contributed by atoms with Crippen molar-refractivity contribution in [1.82, 2.24) is 10.2 Å². The highest BCUT2D eigenvalue weighted by Gasteiger charge is 2.35. The SMILES string of the molecule is C=CCCC(NC)C(C)(CC)N(CC)CC. The van der Waals surface area contributed by atoms with Gasteiger partial charge in [-0.2, -0.15) is 0 Å². The quantitative estimate of drug-likeness (QED) is 0.608. The van der Waals surface area contributed by atoms with Gasteiger partial charge in [0.15, 0.2) is 0 Å². The lowest BCUT2D eigenvalue weighted by Crippen LogP contribution is -2.58. The van der Waals surface area contributed by atoms with E-state index >= 15 is 0 Å². The largest absolute Gasteiger partial charge is 0.315 e. The highest BCUT2D eigenvalue weighted by Crippen LogP contribution is 2.26. The summed E-state index contributed by atoms with van der Waals surface area (Å²) in [5.74, 6) is 0. The van der Waals surface area contributed by atoms with E-state index in [-0.39, 0.29) is 5.54 Å². The predicted octanol–water partition coefficient (Wildman–Crippen LogP) is 3.05. The van der Waals surface area contributed by atoms with Gasteiger partial charge in [0.2, 0.25) is 0 Å². The Morgan fingerprint density at radius 2 is 1.88 bits per heavy atom. The van der Waals surface area contributed by atoms with Gasteiger partial charge < -0.3 is 5.32 Å². The average Bonchev–Trinajstić information content (AvgIpc) is 2.31. The van der Waals surface area contributed by atoms with E-state index in [1.807, 2.05) is 6.08 Å². The van der Waals surface area contributed by atoms with Crippen molar-refractivity contribution in [2.75, 3.05) is 20.1 Å². The molecule has 96 valence electrons. The summed E-state index contributed by atoms with van der Waals surface area (Å²) in [6.45, 7) is 15.2. The normalized spacial score (nSPS) is 17.1. The van der Waals surface area contributed by atoms with Gasteiger partial charge in [0, 0.05) is 11.6 Å². The molecular formula is C14H30N2. The van der Waals surface area contributed by atoms with E-state index in [0.717, 1.165) is 19.5 Å². The van der Waals surface area contributed by atoms with Gasteiger partial charge in [0.05, 0.1) is 0 Å². The molecule has 2 unspecified atom stereocenters. The fourth-order valence-corrected chi connectivity index (χ4v) is 2.69. The van der Waals surface area contributed by atoms with Crippen LogP contribution in [0.5, 0.6) is 0 Å². The number of hydrogen-bond donors (Lipinski definition) is 1. The van der Waals surface area contributed by atoms with Crippen LogP contribution in [0.1, 0.15) is 47.0 Å². The molecule has 0 aliphatic rings.